The summed E-state index contributed by atoms with van der Waals surface area (Å²) in [5.74, 6) is 0.264. The van der Waals surface area contributed by atoms with E-state index in [0.717, 1.165) is 45.6 Å². The van der Waals surface area contributed by atoms with Crippen LogP contribution in [0.5, 0.6) is 0 Å². The number of likely N-dealkylation sites (tertiary alicyclic amines) is 1. The molecule has 2 aliphatic rings. The van der Waals surface area contributed by atoms with Crippen molar-refractivity contribution in [2.45, 2.75) is 51.2 Å². The van der Waals surface area contributed by atoms with Gasteiger partial charge < -0.3 is 14.9 Å². The van der Waals surface area contributed by atoms with Crippen LogP contribution in [0.3, 0.4) is 0 Å². The van der Waals surface area contributed by atoms with Gasteiger partial charge in [0, 0.05) is 32.2 Å². The number of hydrogen-bond donors (Lipinski definition) is 1. The molecule has 0 spiro atoms. The average molecular weight is 297 g/mol. The Morgan fingerprint density at radius 3 is 2.52 bits per heavy atom. The third-order valence-electron chi connectivity index (χ3n) is 4.81. The third-order valence-corrected chi connectivity index (χ3v) is 4.81. The monoisotopic (exact) mass is 297 g/mol. The molecular weight excluding hydrogens is 266 g/mol. The van der Waals surface area contributed by atoms with Crippen LogP contribution in [-0.4, -0.2) is 84.2 Å². The normalized spacial score (nSPS) is 27.4. The maximum absolute atomic E-state index is 12.5. The molecule has 0 aromatic rings. The number of aliphatic hydroxyl groups excluding tert-OH is 1. The Morgan fingerprint density at radius 1 is 1.14 bits per heavy atom. The zero-order valence-electron chi connectivity index (χ0n) is 13.6. The molecule has 2 atom stereocenters. The van der Waals surface area contributed by atoms with Crippen molar-refractivity contribution in [1.29, 1.82) is 0 Å². The van der Waals surface area contributed by atoms with Gasteiger partial charge in [-0.3, -0.25) is 9.69 Å². The van der Waals surface area contributed by atoms with Crippen LogP contribution in [0, 0.1) is 0 Å². The first-order valence-corrected chi connectivity index (χ1v) is 8.44. The molecule has 2 unspecified atom stereocenters. The van der Waals surface area contributed by atoms with Gasteiger partial charge in [-0.25, -0.2) is 0 Å². The molecule has 21 heavy (non-hydrogen) atoms. The van der Waals surface area contributed by atoms with E-state index in [1.54, 1.807) is 0 Å². The highest BCUT2D eigenvalue weighted by Gasteiger charge is 2.27. The zero-order valence-corrected chi connectivity index (χ0v) is 13.6. The SMILES string of the molecule is CC(O)CC1CCCCCN1CC(=O)N1CCN(C)CC1. The van der Waals surface area contributed by atoms with Crippen molar-refractivity contribution in [3.8, 4) is 0 Å². The lowest BCUT2D eigenvalue weighted by atomic mass is 10.0. The summed E-state index contributed by atoms with van der Waals surface area (Å²) in [5.41, 5.74) is 0. The van der Waals surface area contributed by atoms with Gasteiger partial charge in [-0.05, 0) is 39.8 Å². The number of hydrogen-bond acceptors (Lipinski definition) is 4. The third kappa shape index (κ3) is 5.24. The summed E-state index contributed by atoms with van der Waals surface area (Å²) in [6, 6.07) is 0.365. The topological polar surface area (TPSA) is 47.0 Å². The molecule has 5 nitrogen and oxygen atoms in total. The second kappa shape index (κ2) is 8.11. The number of piperazine rings is 1. The van der Waals surface area contributed by atoms with Gasteiger partial charge in [-0.1, -0.05) is 12.8 Å². The van der Waals surface area contributed by atoms with Crippen LogP contribution in [-0.2, 0) is 4.79 Å². The number of likely N-dealkylation sites (N-methyl/N-ethyl adjacent to an activating group) is 1. The van der Waals surface area contributed by atoms with E-state index in [1.165, 1.54) is 19.3 Å². The molecule has 2 heterocycles. The minimum Gasteiger partial charge on any atom is -0.393 e. The Hall–Kier alpha value is -0.650. The van der Waals surface area contributed by atoms with Gasteiger partial charge in [0.1, 0.15) is 0 Å². The Labute approximate surface area is 128 Å². The fraction of sp³-hybridized carbons (Fsp3) is 0.938. The first-order valence-electron chi connectivity index (χ1n) is 8.44. The predicted molar refractivity (Wildman–Crippen MR) is 84.2 cm³/mol. The lowest BCUT2D eigenvalue weighted by molar-refractivity contribution is -0.134. The molecule has 2 rings (SSSR count). The van der Waals surface area contributed by atoms with Crippen LogP contribution in [0.1, 0.15) is 39.0 Å². The minimum absolute atomic E-state index is 0.264. The first-order chi connectivity index (χ1) is 10.1. The standard InChI is InChI=1S/C16H31N3O2/c1-14(20)12-15-6-4-3-5-7-19(15)13-16(21)18-10-8-17(2)9-11-18/h14-15,20H,3-13H2,1-2H3. The van der Waals surface area contributed by atoms with E-state index in [1.807, 2.05) is 11.8 Å². The average Bonchev–Trinajstić information content (AvgIpc) is 2.65. The van der Waals surface area contributed by atoms with Crippen LogP contribution in [0.2, 0.25) is 0 Å². The summed E-state index contributed by atoms with van der Waals surface area (Å²) >= 11 is 0. The van der Waals surface area contributed by atoms with E-state index in [2.05, 4.69) is 16.8 Å². The van der Waals surface area contributed by atoms with Gasteiger partial charge in [0.2, 0.25) is 5.91 Å². The Balaban J connectivity index is 1.89. The van der Waals surface area contributed by atoms with E-state index in [-0.39, 0.29) is 12.0 Å². The van der Waals surface area contributed by atoms with E-state index < -0.39 is 0 Å². The molecule has 0 aliphatic carbocycles. The lowest BCUT2D eigenvalue weighted by Gasteiger charge is -2.36. The fourth-order valence-electron chi connectivity index (χ4n) is 3.44. The fourth-order valence-corrected chi connectivity index (χ4v) is 3.44. The van der Waals surface area contributed by atoms with Crippen molar-refractivity contribution in [3.05, 3.63) is 0 Å². The number of aliphatic hydroxyl groups is 1. The second-order valence-electron chi connectivity index (χ2n) is 6.74. The predicted octanol–water partition coefficient (Wildman–Crippen LogP) is 0.776. The molecule has 0 saturated carbocycles. The maximum atomic E-state index is 12.5. The summed E-state index contributed by atoms with van der Waals surface area (Å²) in [6.45, 7) is 7.03. The van der Waals surface area contributed by atoms with Gasteiger partial charge in [-0.2, -0.15) is 0 Å². The van der Waals surface area contributed by atoms with Crippen molar-refractivity contribution >= 4 is 5.91 Å². The number of rotatable bonds is 4. The first kappa shape index (κ1) is 16.7. The van der Waals surface area contributed by atoms with Crippen molar-refractivity contribution in [2.24, 2.45) is 0 Å². The van der Waals surface area contributed by atoms with Gasteiger partial charge >= 0.3 is 0 Å². The van der Waals surface area contributed by atoms with Crippen LogP contribution < -0.4 is 0 Å². The lowest BCUT2D eigenvalue weighted by Crippen LogP contribution is -2.51. The van der Waals surface area contributed by atoms with Crippen molar-refractivity contribution in [1.82, 2.24) is 14.7 Å². The van der Waals surface area contributed by atoms with Crippen LogP contribution in [0.25, 0.3) is 0 Å². The molecule has 1 N–H and O–H groups in total. The molecule has 0 radical (unpaired) electrons. The highest BCUT2D eigenvalue weighted by atomic mass is 16.3. The number of nitrogens with zero attached hydrogens (tertiary/aromatic N) is 3. The van der Waals surface area contributed by atoms with Crippen LogP contribution in [0.15, 0.2) is 0 Å². The summed E-state index contributed by atoms with van der Waals surface area (Å²) in [5, 5.41) is 9.70. The summed E-state index contributed by atoms with van der Waals surface area (Å²) in [6.07, 6.45) is 5.25. The van der Waals surface area contributed by atoms with Gasteiger partial charge in [0.15, 0.2) is 0 Å². The number of carbonyl (C=O) groups excluding carboxylic acids is 1. The summed E-state index contributed by atoms with van der Waals surface area (Å²) in [4.78, 5) is 19.1. The molecule has 2 aliphatic heterocycles. The molecule has 2 saturated heterocycles. The highest BCUT2D eigenvalue weighted by Crippen LogP contribution is 2.20. The second-order valence-corrected chi connectivity index (χ2v) is 6.74. The van der Waals surface area contributed by atoms with Crippen molar-refractivity contribution in [2.75, 3.05) is 46.3 Å². The molecule has 0 aromatic heterocycles. The van der Waals surface area contributed by atoms with E-state index in [9.17, 15) is 9.90 Å². The summed E-state index contributed by atoms with van der Waals surface area (Å²) < 4.78 is 0. The van der Waals surface area contributed by atoms with Crippen molar-refractivity contribution in [3.63, 3.8) is 0 Å². The smallest absolute Gasteiger partial charge is 0.236 e. The van der Waals surface area contributed by atoms with Gasteiger partial charge in [-0.15, -0.1) is 0 Å². The number of amides is 1. The van der Waals surface area contributed by atoms with Gasteiger partial charge in [0.25, 0.3) is 0 Å². The van der Waals surface area contributed by atoms with Crippen LogP contribution >= 0.6 is 0 Å². The molecular formula is C16H31N3O2. The largest absolute Gasteiger partial charge is 0.393 e. The Bertz CT molecular complexity index is 327. The van der Waals surface area contributed by atoms with Crippen LogP contribution in [0.4, 0.5) is 0 Å². The minimum atomic E-state index is -0.283. The molecule has 2 fully saturated rings. The zero-order chi connectivity index (χ0) is 15.2. The van der Waals surface area contributed by atoms with Crippen molar-refractivity contribution < 1.29 is 9.90 Å². The number of carbonyl (C=O) groups is 1. The molecule has 1 amide bonds. The van der Waals surface area contributed by atoms with Gasteiger partial charge in [0.05, 0.1) is 12.6 Å². The molecule has 5 heteroatoms. The van der Waals surface area contributed by atoms with E-state index in [0.29, 0.717) is 12.6 Å². The molecule has 0 aromatic carbocycles. The van der Waals surface area contributed by atoms with E-state index in [4.69, 9.17) is 0 Å². The Kier molecular flexibility index (Phi) is 6.45. The quantitative estimate of drug-likeness (QED) is 0.833. The maximum Gasteiger partial charge on any atom is 0.236 e. The highest BCUT2D eigenvalue weighted by molar-refractivity contribution is 5.78. The molecule has 0 bridgehead atoms. The molecule has 122 valence electrons. The summed E-state index contributed by atoms with van der Waals surface area (Å²) in [7, 11) is 2.11. The van der Waals surface area contributed by atoms with E-state index >= 15 is 0 Å². The Morgan fingerprint density at radius 2 is 1.86 bits per heavy atom.